The molecule has 0 fully saturated rings. The van der Waals surface area contributed by atoms with E-state index in [0.29, 0.717) is 39.0 Å². The third-order valence-corrected chi connectivity index (χ3v) is 7.32. The number of benzene rings is 2. The highest BCUT2D eigenvalue weighted by Gasteiger charge is 2.13. The lowest BCUT2D eigenvalue weighted by molar-refractivity contribution is 0.309. The second-order valence-electron chi connectivity index (χ2n) is 8.04. The van der Waals surface area contributed by atoms with Crippen molar-refractivity contribution in [3.8, 4) is 28.5 Å². The fraction of sp³-hybridized carbons (Fsp3) is 0.160. The van der Waals surface area contributed by atoms with Crippen LogP contribution in [0.2, 0.25) is 0 Å². The Morgan fingerprint density at radius 1 is 1.06 bits per heavy atom. The highest BCUT2D eigenvalue weighted by Crippen LogP contribution is 2.24. The highest BCUT2D eigenvalue weighted by molar-refractivity contribution is 7.89. The quantitative estimate of drug-likeness (QED) is 0.309. The topological polar surface area (TPSA) is 130 Å². The van der Waals surface area contributed by atoms with Crippen LogP contribution >= 0.6 is 11.3 Å². The Morgan fingerprint density at radius 2 is 1.78 bits per heavy atom. The first kappa shape index (κ1) is 23.9. The first-order valence-corrected chi connectivity index (χ1v) is 13.6. The van der Waals surface area contributed by atoms with Crippen LogP contribution in [0.1, 0.15) is 25.5 Å². The van der Waals surface area contributed by atoms with E-state index in [0.717, 1.165) is 24.2 Å². The van der Waals surface area contributed by atoms with E-state index >= 15 is 0 Å². The molecule has 2 aromatic carbocycles. The van der Waals surface area contributed by atoms with Gasteiger partial charge in [0.25, 0.3) is 5.56 Å². The summed E-state index contributed by atoms with van der Waals surface area (Å²) in [5, 5.41) is 9.52. The number of nitrogens with zero attached hydrogens (tertiary/aromatic N) is 3. The molecule has 0 atom stereocenters. The minimum Gasteiger partial charge on any atom is -0.494 e. The summed E-state index contributed by atoms with van der Waals surface area (Å²) in [7, 11) is -3.77. The number of nitrogens with two attached hydrogens (primary N) is 1. The number of furan rings is 1. The van der Waals surface area contributed by atoms with Gasteiger partial charge < -0.3 is 9.15 Å². The summed E-state index contributed by atoms with van der Waals surface area (Å²) in [6.07, 6.45) is 3.70. The monoisotopic (exact) mass is 522 g/mol. The minimum absolute atomic E-state index is 0.0191. The summed E-state index contributed by atoms with van der Waals surface area (Å²) in [4.78, 5) is 17.9. The van der Waals surface area contributed by atoms with Crippen molar-refractivity contribution < 1.29 is 17.6 Å². The van der Waals surface area contributed by atoms with Crippen molar-refractivity contribution in [2.24, 2.45) is 5.14 Å². The molecule has 0 aliphatic carbocycles. The molecule has 3 heterocycles. The molecule has 0 radical (unpaired) electrons. The van der Waals surface area contributed by atoms with Crippen LogP contribution < -0.4 is 20.0 Å². The van der Waals surface area contributed by atoms with Gasteiger partial charge in [-0.2, -0.15) is 9.50 Å². The Morgan fingerprint density at radius 3 is 2.44 bits per heavy atom. The predicted molar refractivity (Wildman–Crippen MR) is 137 cm³/mol. The number of unbranched alkanes of at least 4 members (excludes halogenated alkanes) is 1. The van der Waals surface area contributed by atoms with Crippen LogP contribution in [-0.4, -0.2) is 29.6 Å². The molecule has 9 nitrogen and oxygen atoms in total. The van der Waals surface area contributed by atoms with Gasteiger partial charge in [0, 0.05) is 17.2 Å². The van der Waals surface area contributed by atoms with E-state index in [2.05, 4.69) is 17.0 Å². The molecule has 184 valence electrons. The lowest BCUT2D eigenvalue weighted by Gasteiger charge is -2.05. The van der Waals surface area contributed by atoms with Crippen molar-refractivity contribution in [1.29, 1.82) is 0 Å². The molecule has 11 heteroatoms. The Hall–Kier alpha value is -3.80. The number of sulfonamides is 1. The molecule has 0 saturated carbocycles. The second-order valence-corrected chi connectivity index (χ2v) is 10.6. The summed E-state index contributed by atoms with van der Waals surface area (Å²) in [6, 6.07) is 17.0. The van der Waals surface area contributed by atoms with E-state index in [9.17, 15) is 13.2 Å². The number of ether oxygens (including phenoxy) is 1. The maximum Gasteiger partial charge on any atom is 0.291 e. The summed E-state index contributed by atoms with van der Waals surface area (Å²) in [6.45, 7) is 2.79. The van der Waals surface area contributed by atoms with Gasteiger partial charge in [-0.05, 0) is 67.1 Å². The number of hydrogen-bond donors (Lipinski definition) is 1. The Labute approximate surface area is 210 Å². The van der Waals surface area contributed by atoms with E-state index in [-0.39, 0.29) is 10.5 Å². The van der Waals surface area contributed by atoms with E-state index in [1.165, 1.54) is 28.0 Å². The van der Waals surface area contributed by atoms with Gasteiger partial charge in [-0.1, -0.05) is 24.7 Å². The van der Waals surface area contributed by atoms with Crippen molar-refractivity contribution in [1.82, 2.24) is 14.6 Å². The van der Waals surface area contributed by atoms with Crippen molar-refractivity contribution >= 4 is 32.4 Å². The predicted octanol–water partition coefficient (Wildman–Crippen LogP) is 3.45. The lowest BCUT2D eigenvalue weighted by Crippen LogP contribution is -2.23. The van der Waals surface area contributed by atoms with Gasteiger partial charge in [-0.15, -0.1) is 5.10 Å². The Bertz CT molecular complexity index is 1730. The van der Waals surface area contributed by atoms with E-state index in [1.54, 1.807) is 30.3 Å². The zero-order valence-corrected chi connectivity index (χ0v) is 20.9. The number of rotatable bonds is 8. The average Bonchev–Trinajstić information content (AvgIpc) is 3.57. The molecule has 0 spiro atoms. The van der Waals surface area contributed by atoms with Crippen molar-refractivity contribution in [2.75, 3.05) is 6.61 Å². The number of primary sulfonamides is 1. The molecule has 0 saturated heterocycles. The van der Waals surface area contributed by atoms with Crippen LogP contribution in [0.25, 0.3) is 33.7 Å². The van der Waals surface area contributed by atoms with Crippen molar-refractivity contribution in [3.05, 3.63) is 81.3 Å². The second kappa shape index (κ2) is 9.69. The van der Waals surface area contributed by atoms with Gasteiger partial charge in [0.1, 0.15) is 21.8 Å². The van der Waals surface area contributed by atoms with Gasteiger partial charge >= 0.3 is 0 Å². The molecule has 5 aromatic rings. The first-order chi connectivity index (χ1) is 17.3. The average molecular weight is 523 g/mol. The molecule has 3 aromatic heterocycles. The van der Waals surface area contributed by atoms with Crippen LogP contribution in [0.15, 0.2) is 74.8 Å². The third-order valence-electron chi connectivity index (χ3n) is 5.43. The Balaban J connectivity index is 1.37. The maximum absolute atomic E-state index is 12.9. The molecule has 36 heavy (non-hydrogen) atoms. The van der Waals surface area contributed by atoms with Gasteiger partial charge in [0.2, 0.25) is 15.0 Å². The summed E-state index contributed by atoms with van der Waals surface area (Å²) >= 11 is 1.22. The number of aromatic nitrogens is 3. The normalized spacial score (nSPS) is 12.4. The molecule has 0 unspecified atom stereocenters. The third kappa shape index (κ3) is 4.94. The fourth-order valence-electron chi connectivity index (χ4n) is 3.51. The van der Waals surface area contributed by atoms with Crippen LogP contribution in [0, 0.1) is 0 Å². The zero-order valence-electron chi connectivity index (χ0n) is 19.2. The number of thiazole rings is 1. The number of hydrogen-bond acceptors (Lipinski definition) is 8. The maximum atomic E-state index is 12.9. The fourth-order valence-corrected chi connectivity index (χ4v) is 4.92. The van der Waals surface area contributed by atoms with Crippen LogP contribution in [0.4, 0.5) is 0 Å². The first-order valence-electron chi connectivity index (χ1n) is 11.2. The zero-order chi connectivity index (χ0) is 25.3. The largest absolute Gasteiger partial charge is 0.494 e. The van der Waals surface area contributed by atoms with Gasteiger partial charge in [-0.25, -0.2) is 13.6 Å². The molecule has 2 N–H and O–H groups in total. The number of fused-ring (bicyclic) bond motifs is 1. The highest BCUT2D eigenvalue weighted by atomic mass is 32.2. The van der Waals surface area contributed by atoms with Crippen molar-refractivity contribution in [3.63, 3.8) is 0 Å². The van der Waals surface area contributed by atoms with Crippen LogP contribution in [0.5, 0.6) is 5.75 Å². The van der Waals surface area contributed by atoms with E-state index < -0.39 is 10.0 Å². The molecule has 0 bridgehead atoms. The summed E-state index contributed by atoms with van der Waals surface area (Å²) in [5.74, 6) is 2.25. The minimum atomic E-state index is -3.77. The molecular formula is C25H22N4O5S2. The SMILES string of the molecule is CCCCOc1ccc(-c2nc3s/c(=C\c4ccc(-c5ccc(S(N)(=O)=O)cc5)o4)c(=O)n3n2)cc1. The summed E-state index contributed by atoms with van der Waals surface area (Å²) < 4.78 is 36.1. The molecule has 5 rings (SSSR count). The van der Waals surface area contributed by atoms with E-state index in [1.807, 2.05) is 24.3 Å². The molecule has 0 aliphatic rings. The van der Waals surface area contributed by atoms with Gasteiger partial charge in [-0.3, -0.25) is 4.79 Å². The molecule has 0 amide bonds. The van der Waals surface area contributed by atoms with Gasteiger partial charge in [0.05, 0.1) is 11.5 Å². The Kier molecular flexibility index (Phi) is 6.44. The van der Waals surface area contributed by atoms with Crippen LogP contribution in [-0.2, 0) is 10.0 Å². The van der Waals surface area contributed by atoms with Crippen molar-refractivity contribution in [2.45, 2.75) is 24.7 Å². The summed E-state index contributed by atoms with van der Waals surface area (Å²) in [5.41, 5.74) is 1.19. The smallest absolute Gasteiger partial charge is 0.291 e. The molecule has 0 aliphatic heterocycles. The van der Waals surface area contributed by atoms with Crippen LogP contribution in [0.3, 0.4) is 0 Å². The van der Waals surface area contributed by atoms with E-state index in [4.69, 9.17) is 14.3 Å². The molecular weight excluding hydrogens is 500 g/mol. The van der Waals surface area contributed by atoms with Gasteiger partial charge in [0.15, 0.2) is 5.82 Å². The standard InChI is InChI=1S/C25H22N4O5S2/c1-2-3-14-33-18-8-4-17(5-9-18)23-27-25-29(28-23)24(30)22(35-25)15-19-10-13-21(34-19)16-6-11-20(12-7-16)36(26,31)32/h4-13,15H,2-3,14H2,1H3,(H2,26,31,32)/b22-15-. The lowest BCUT2D eigenvalue weighted by atomic mass is 10.2.